The summed E-state index contributed by atoms with van der Waals surface area (Å²) in [7, 11) is 0. The van der Waals surface area contributed by atoms with Crippen molar-refractivity contribution >= 4 is 15.9 Å². The van der Waals surface area contributed by atoms with Crippen molar-refractivity contribution in [3.8, 4) is 0 Å². The topological polar surface area (TPSA) is 22.1 Å². The molecule has 1 aliphatic carbocycles. The Morgan fingerprint density at radius 1 is 1.41 bits per heavy atom. The first-order valence-electron chi connectivity index (χ1n) is 6.50. The molecule has 1 saturated carbocycles. The van der Waals surface area contributed by atoms with Crippen LogP contribution in [-0.4, -0.2) is 11.1 Å². The van der Waals surface area contributed by atoms with Gasteiger partial charge in [0.15, 0.2) is 0 Å². The van der Waals surface area contributed by atoms with Crippen LogP contribution in [0, 0.1) is 5.92 Å². The van der Waals surface area contributed by atoms with E-state index in [0.29, 0.717) is 12.7 Å². The summed E-state index contributed by atoms with van der Waals surface area (Å²) < 4.78 is 6.98. The molecule has 0 aliphatic heterocycles. The van der Waals surface area contributed by atoms with Gasteiger partial charge < -0.3 is 4.74 Å². The van der Waals surface area contributed by atoms with Gasteiger partial charge in [-0.1, -0.05) is 26.2 Å². The van der Waals surface area contributed by atoms with Gasteiger partial charge in [0, 0.05) is 10.7 Å². The molecule has 1 aliphatic rings. The second kappa shape index (κ2) is 6.50. The van der Waals surface area contributed by atoms with Gasteiger partial charge in [-0.3, -0.25) is 4.98 Å². The normalized spacial score (nSPS) is 24.8. The van der Waals surface area contributed by atoms with Gasteiger partial charge >= 0.3 is 0 Å². The van der Waals surface area contributed by atoms with Gasteiger partial charge in [0.05, 0.1) is 18.4 Å². The van der Waals surface area contributed by atoms with Crippen LogP contribution in [0.25, 0.3) is 0 Å². The van der Waals surface area contributed by atoms with Crippen molar-refractivity contribution < 1.29 is 4.74 Å². The van der Waals surface area contributed by atoms with Gasteiger partial charge in [-0.25, -0.2) is 0 Å². The zero-order chi connectivity index (χ0) is 12.1. The molecule has 94 valence electrons. The molecule has 3 heteroatoms. The fourth-order valence-electron chi connectivity index (χ4n) is 2.46. The van der Waals surface area contributed by atoms with Crippen LogP contribution in [0.4, 0.5) is 0 Å². The summed E-state index contributed by atoms with van der Waals surface area (Å²) in [6.45, 7) is 2.93. The van der Waals surface area contributed by atoms with Crippen molar-refractivity contribution in [2.75, 3.05) is 0 Å². The summed E-state index contributed by atoms with van der Waals surface area (Å²) in [4.78, 5) is 4.33. The van der Waals surface area contributed by atoms with Crippen molar-refractivity contribution in [1.29, 1.82) is 0 Å². The maximum atomic E-state index is 5.96. The number of pyridine rings is 1. The number of aromatic nitrogens is 1. The molecule has 0 N–H and O–H groups in total. The molecule has 0 aromatic carbocycles. The summed E-state index contributed by atoms with van der Waals surface area (Å²) in [6, 6.07) is 4.03. The van der Waals surface area contributed by atoms with E-state index in [1.807, 2.05) is 18.3 Å². The van der Waals surface area contributed by atoms with Crippen molar-refractivity contribution in [1.82, 2.24) is 4.98 Å². The average Bonchev–Trinajstić information content (AvgIpc) is 2.38. The average molecular weight is 298 g/mol. The van der Waals surface area contributed by atoms with E-state index >= 15 is 0 Å². The first kappa shape index (κ1) is 13.0. The Bertz CT molecular complexity index is 339. The highest BCUT2D eigenvalue weighted by Gasteiger charge is 2.21. The number of rotatable bonds is 4. The molecule has 0 spiro atoms. The highest BCUT2D eigenvalue weighted by atomic mass is 79.9. The fourth-order valence-corrected chi connectivity index (χ4v) is 2.69. The minimum atomic E-state index is 0.444. The van der Waals surface area contributed by atoms with Crippen LogP contribution in [0.1, 0.15) is 44.7 Å². The molecule has 1 aromatic rings. The molecule has 0 radical (unpaired) electrons. The third-order valence-corrected chi connectivity index (χ3v) is 4.04. The lowest BCUT2D eigenvalue weighted by Crippen LogP contribution is -2.22. The number of hydrogen-bond acceptors (Lipinski definition) is 2. The van der Waals surface area contributed by atoms with E-state index in [1.165, 1.54) is 32.1 Å². The Morgan fingerprint density at radius 3 is 3.00 bits per heavy atom. The lowest BCUT2D eigenvalue weighted by Gasteiger charge is -2.28. The van der Waals surface area contributed by atoms with Crippen LogP contribution >= 0.6 is 15.9 Å². The van der Waals surface area contributed by atoms with Crippen LogP contribution < -0.4 is 0 Å². The Morgan fingerprint density at radius 2 is 2.29 bits per heavy atom. The Labute approximate surface area is 112 Å². The SMILES string of the molecule is CCC1CCCC(OCc2ccc(Br)cn2)C1. The number of nitrogens with zero attached hydrogens (tertiary/aromatic N) is 1. The number of halogens is 1. The molecule has 2 rings (SSSR count). The van der Waals surface area contributed by atoms with Crippen LogP contribution in [0.15, 0.2) is 22.8 Å². The van der Waals surface area contributed by atoms with Gasteiger partial charge in [-0.2, -0.15) is 0 Å². The zero-order valence-electron chi connectivity index (χ0n) is 10.4. The minimum absolute atomic E-state index is 0.444. The molecule has 0 amide bonds. The van der Waals surface area contributed by atoms with Crippen molar-refractivity contribution in [3.63, 3.8) is 0 Å². The maximum Gasteiger partial charge on any atom is 0.0891 e. The van der Waals surface area contributed by atoms with Crippen LogP contribution in [0.3, 0.4) is 0 Å². The fraction of sp³-hybridized carbons (Fsp3) is 0.643. The quantitative estimate of drug-likeness (QED) is 0.825. The van der Waals surface area contributed by atoms with E-state index < -0.39 is 0 Å². The smallest absolute Gasteiger partial charge is 0.0891 e. The van der Waals surface area contributed by atoms with Crippen molar-refractivity contribution in [2.45, 2.75) is 51.7 Å². The molecular formula is C14H20BrNO. The minimum Gasteiger partial charge on any atom is -0.372 e. The maximum absolute atomic E-state index is 5.96. The summed E-state index contributed by atoms with van der Waals surface area (Å²) in [5.74, 6) is 0.867. The van der Waals surface area contributed by atoms with Gasteiger partial charge in [0.1, 0.15) is 0 Å². The molecule has 17 heavy (non-hydrogen) atoms. The van der Waals surface area contributed by atoms with Crippen LogP contribution in [-0.2, 0) is 11.3 Å². The summed E-state index contributed by atoms with van der Waals surface area (Å²) in [5, 5.41) is 0. The highest BCUT2D eigenvalue weighted by Crippen LogP contribution is 2.28. The summed E-state index contributed by atoms with van der Waals surface area (Å²) >= 11 is 3.39. The second-order valence-electron chi connectivity index (χ2n) is 4.84. The van der Waals surface area contributed by atoms with Crippen molar-refractivity contribution in [2.24, 2.45) is 5.92 Å². The van der Waals surface area contributed by atoms with Gasteiger partial charge in [-0.05, 0) is 46.8 Å². The Hall–Kier alpha value is -0.410. The first-order chi connectivity index (χ1) is 8.28. The third-order valence-electron chi connectivity index (χ3n) is 3.57. The molecule has 2 unspecified atom stereocenters. The molecule has 1 aromatic heterocycles. The van der Waals surface area contributed by atoms with E-state index in [0.717, 1.165) is 16.1 Å². The standard InChI is InChI=1S/C14H20BrNO/c1-2-11-4-3-5-14(8-11)17-10-13-7-6-12(15)9-16-13/h6-7,9,11,14H,2-5,8,10H2,1H3. The predicted octanol–water partition coefficient (Wildman–Crippen LogP) is 4.33. The molecule has 2 nitrogen and oxygen atoms in total. The van der Waals surface area contributed by atoms with Crippen LogP contribution in [0.2, 0.25) is 0 Å². The van der Waals surface area contributed by atoms with Gasteiger partial charge in [0.25, 0.3) is 0 Å². The largest absolute Gasteiger partial charge is 0.372 e. The Kier molecular flexibility index (Phi) is 4.99. The molecule has 0 saturated heterocycles. The van der Waals surface area contributed by atoms with E-state index in [-0.39, 0.29) is 0 Å². The molecule has 1 fully saturated rings. The van der Waals surface area contributed by atoms with Crippen LogP contribution in [0.5, 0.6) is 0 Å². The predicted molar refractivity (Wildman–Crippen MR) is 72.8 cm³/mol. The van der Waals surface area contributed by atoms with E-state index in [1.54, 1.807) is 0 Å². The number of ether oxygens (including phenoxy) is 1. The van der Waals surface area contributed by atoms with Crippen molar-refractivity contribution in [3.05, 3.63) is 28.5 Å². The van der Waals surface area contributed by atoms with Gasteiger partial charge in [0.2, 0.25) is 0 Å². The molecule has 2 atom stereocenters. The lowest BCUT2D eigenvalue weighted by atomic mass is 9.85. The van der Waals surface area contributed by atoms with E-state index in [4.69, 9.17) is 4.74 Å². The van der Waals surface area contributed by atoms with Gasteiger partial charge in [-0.15, -0.1) is 0 Å². The molecular weight excluding hydrogens is 278 g/mol. The molecule has 0 bridgehead atoms. The summed E-state index contributed by atoms with van der Waals surface area (Å²) in [6.07, 6.45) is 8.70. The Balaban J connectivity index is 1.79. The lowest BCUT2D eigenvalue weighted by molar-refractivity contribution is 0.000344. The number of hydrogen-bond donors (Lipinski definition) is 0. The monoisotopic (exact) mass is 297 g/mol. The highest BCUT2D eigenvalue weighted by molar-refractivity contribution is 9.10. The zero-order valence-corrected chi connectivity index (χ0v) is 11.9. The van der Waals surface area contributed by atoms with E-state index in [2.05, 4.69) is 27.8 Å². The second-order valence-corrected chi connectivity index (χ2v) is 5.76. The third kappa shape index (κ3) is 4.07. The van der Waals surface area contributed by atoms with E-state index in [9.17, 15) is 0 Å². The molecule has 1 heterocycles. The first-order valence-corrected chi connectivity index (χ1v) is 7.29. The summed E-state index contributed by atoms with van der Waals surface area (Å²) in [5.41, 5.74) is 1.02.